The summed E-state index contributed by atoms with van der Waals surface area (Å²) in [5.41, 5.74) is 3.70. The molecule has 2 N–H and O–H groups in total. The monoisotopic (exact) mass is 529 g/mol. The number of Topliss-reactive ketones (excluding diaryl/α,β-unsaturated/α-hetero) is 1. The van der Waals surface area contributed by atoms with Crippen LogP contribution in [-0.4, -0.2) is 23.5 Å². The van der Waals surface area contributed by atoms with Gasteiger partial charge in [-0.05, 0) is 75.9 Å². The van der Waals surface area contributed by atoms with Crippen molar-refractivity contribution >= 4 is 53.8 Å². The van der Waals surface area contributed by atoms with Crippen molar-refractivity contribution < 1.29 is 14.7 Å². The molecule has 0 fully saturated rings. The van der Waals surface area contributed by atoms with Gasteiger partial charge in [-0.3, -0.25) is 4.79 Å². The Balaban J connectivity index is 0.000000521. The molecule has 3 aromatic rings. The van der Waals surface area contributed by atoms with E-state index in [0.717, 1.165) is 21.3 Å². The summed E-state index contributed by atoms with van der Waals surface area (Å²) in [6.07, 6.45) is 3.56. The highest BCUT2D eigenvalue weighted by atomic mass is 35.5. The van der Waals surface area contributed by atoms with E-state index >= 15 is 0 Å². The summed E-state index contributed by atoms with van der Waals surface area (Å²) in [6.45, 7) is 14.6. The number of carboxylic acid groups (broad SMARTS) is 1. The number of hydrogen-bond acceptors (Lipinski definition) is 4. The number of carbonyl (C=O) groups is 2. The molecule has 35 heavy (non-hydrogen) atoms. The zero-order valence-electron chi connectivity index (χ0n) is 21.1. The summed E-state index contributed by atoms with van der Waals surface area (Å²) in [7, 11) is -0.731. The average molecular weight is 530 g/mol. The minimum absolute atomic E-state index is 0.155. The van der Waals surface area contributed by atoms with Crippen LogP contribution in [-0.2, 0) is 4.79 Å². The van der Waals surface area contributed by atoms with Crippen LogP contribution in [0.1, 0.15) is 42.9 Å². The standard InChI is InChI=1S/C19H17ClNO2PS.C6H10O.C3H6/c1-12-3-5-13(6-4-12)17-11-16(18(25-17)19(22)23)21-24(2)15-9-7-14(20)8-10-15;1-4-5(2)6(3)7;1-3-2/h3-11,21H,1-2H3,(H,22,23);4H,1-3H3;3H,1H2,2H3/b;5-4+;. The molecule has 0 aliphatic heterocycles. The molecule has 1 unspecified atom stereocenters. The van der Waals surface area contributed by atoms with Crippen molar-refractivity contribution in [1.82, 2.24) is 0 Å². The van der Waals surface area contributed by atoms with Gasteiger partial charge in [0.05, 0.1) is 5.69 Å². The van der Waals surface area contributed by atoms with E-state index < -0.39 is 14.0 Å². The van der Waals surface area contributed by atoms with E-state index in [4.69, 9.17) is 11.6 Å². The van der Waals surface area contributed by atoms with Crippen molar-refractivity contribution in [2.45, 2.75) is 34.6 Å². The molecule has 1 heterocycles. The molecule has 0 radical (unpaired) electrons. The third-order valence-electron chi connectivity index (χ3n) is 4.75. The van der Waals surface area contributed by atoms with Gasteiger partial charge in [-0.1, -0.05) is 65.7 Å². The molecule has 0 bridgehead atoms. The Morgan fingerprint density at radius 3 is 2.03 bits per heavy atom. The highest BCUT2D eigenvalue weighted by Gasteiger charge is 2.18. The Kier molecular flexibility index (Phi) is 13.3. The van der Waals surface area contributed by atoms with E-state index in [9.17, 15) is 14.7 Å². The number of aryl methyl sites for hydroxylation is 1. The van der Waals surface area contributed by atoms with Crippen LogP contribution in [0.3, 0.4) is 0 Å². The highest BCUT2D eigenvalue weighted by molar-refractivity contribution is 7.66. The molecule has 2 aromatic carbocycles. The minimum Gasteiger partial charge on any atom is -0.477 e. The molecule has 186 valence electrons. The zero-order chi connectivity index (χ0) is 26.5. The number of carboxylic acids is 1. The quantitative estimate of drug-likeness (QED) is 0.191. The molecule has 7 heteroatoms. The van der Waals surface area contributed by atoms with Gasteiger partial charge in [0.15, 0.2) is 5.78 Å². The Morgan fingerprint density at radius 1 is 1.06 bits per heavy atom. The van der Waals surface area contributed by atoms with Crippen molar-refractivity contribution in [2.24, 2.45) is 0 Å². The van der Waals surface area contributed by atoms with Gasteiger partial charge in [0.1, 0.15) is 4.88 Å². The van der Waals surface area contributed by atoms with Gasteiger partial charge in [-0.15, -0.1) is 17.9 Å². The van der Waals surface area contributed by atoms with Crippen molar-refractivity contribution in [2.75, 3.05) is 11.8 Å². The molecule has 3 rings (SSSR count). The average Bonchev–Trinajstić information content (AvgIpc) is 3.24. The second-order valence-electron chi connectivity index (χ2n) is 7.61. The van der Waals surface area contributed by atoms with Gasteiger partial charge in [0.25, 0.3) is 0 Å². The van der Waals surface area contributed by atoms with Crippen molar-refractivity contribution in [1.29, 1.82) is 0 Å². The van der Waals surface area contributed by atoms with Gasteiger partial charge in [0, 0.05) is 18.0 Å². The lowest BCUT2D eigenvalue weighted by Crippen LogP contribution is -2.07. The van der Waals surface area contributed by atoms with Gasteiger partial charge < -0.3 is 10.2 Å². The van der Waals surface area contributed by atoms with Crippen LogP contribution >= 0.6 is 31.0 Å². The zero-order valence-corrected chi connectivity index (χ0v) is 23.5. The van der Waals surface area contributed by atoms with Gasteiger partial charge in [-0.25, -0.2) is 4.79 Å². The highest BCUT2D eigenvalue weighted by Crippen LogP contribution is 2.40. The van der Waals surface area contributed by atoms with Crippen LogP contribution in [0.25, 0.3) is 10.4 Å². The molecule has 0 aliphatic carbocycles. The number of ketones is 1. The molecule has 4 nitrogen and oxygen atoms in total. The fourth-order valence-corrected chi connectivity index (χ4v) is 5.03. The number of rotatable bonds is 6. The van der Waals surface area contributed by atoms with E-state index in [0.29, 0.717) is 15.6 Å². The maximum Gasteiger partial charge on any atom is 0.348 e. The SMILES string of the molecule is C/C=C(\C)C(C)=O.C=CC.Cc1ccc(-c2cc(NP(C)c3ccc(Cl)cc3)c(C(=O)O)s2)cc1. The third-order valence-corrected chi connectivity index (χ3v) is 7.83. The molecular formula is C28H33ClNO3PS. The third kappa shape index (κ3) is 10.2. The number of anilines is 1. The van der Waals surface area contributed by atoms with Gasteiger partial charge >= 0.3 is 5.97 Å². The first-order valence-corrected chi connectivity index (χ1v) is 13.9. The molecule has 0 amide bonds. The minimum atomic E-state index is -0.912. The predicted molar refractivity (Wildman–Crippen MR) is 155 cm³/mol. The Bertz CT molecular complexity index is 1150. The van der Waals surface area contributed by atoms with Crippen molar-refractivity contribution in [3.63, 3.8) is 0 Å². The number of carbonyl (C=O) groups excluding carboxylic acids is 1. The molecule has 1 atom stereocenters. The number of benzene rings is 2. The number of thiophene rings is 1. The maximum absolute atomic E-state index is 11.6. The predicted octanol–water partition coefficient (Wildman–Crippen LogP) is 8.57. The molecule has 1 aromatic heterocycles. The summed E-state index contributed by atoms with van der Waals surface area (Å²) >= 11 is 7.23. The Hall–Kier alpha value is -2.72. The summed E-state index contributed by atoms with van der Waals surface area (Å²) in [4.78, 5) is 23.2. The van der Waals surface area contributed by atoms with Gasteiger partial charge in [-0.2, -0.15) is 0 Å². The fraction of sp³-hybridized carbons (Fsp3) is 0.214. The van der Waals surface area contributed by atoms with Crippen LogP contribution in [0, 0.1) is 6.92 Å². The number of allylic oxidation sites excluding steroid dienone is 3. The van der Waals surface area contributed by atoms with Crippen LogP contribution in [0.15, 0.2) is 78.9 Å². The number of nitrogens with one attached hydrogen (secondary N) is 1. The smallest absolute Gasteiger partial charge is 0.348 e. The van der Waals surface area contributed by atoms with E-state index in [-0.39, 0.29) is 5.78 Å². The normalized spacial score (nSPS) is 11.2. The second-order valence-corrected chi connectivity index (χ2v) is 11.0. The first-order valence-electron chi connectivity index (χ1n) is 10.9. The van der Waals surface area contributed by atoms with Crippen LogP contribution < -0.4 is 10.4 Å². The number of halogens is 1. The summed E-state index contributed by atoms with van der Waals surface area (Å²) in [5, 5.41) is 14.7. The van der Waals surface area contributed by atoms with Crippen molar-refractivity contribution in [3.8, 4) is 10.4 Å². The van der Waals surface area contributed by atoms with E-state index in [1.54, 1.807) is 13.0 Å². The lowest BCUT2D eigenvalue weighted by Gasteiger charge is -2.15. The second kappa shape index (κ2) is 15.3. The largest absolute Gasteiger partial charge is 0.477 e. The van der Waals surface area contributed by atoms with Crippen LogP contribution in [0.4, 0.5) is 5.69 Å². The first-order chi connectivity index (χ1) is 16.5. The van der Waals surface area contributed by atoms with Gasteiger partial charge in [0.2, 0.25) is 0 Å². The van der Waals surface area contributed by atoms with Crippen molar-refractivity contribution in [3.05, 3.63) is 94.4 Å². The van der Waals surface area contributed by atoms with E-state index in [1.165, 1.54) is 16.9 Å². The van der Waals surface area contributed by atoms with Crippen LogP contribution in [0.5, 0.6) is 0 Å². The van der Waals surface area contributed by atoms with E-state index in [1.807, 2.05) is 88.4 Å². The number of aromatic carboxylic acids is 1. The fourth-order valence-electron chi connectivity index (χ4n) is 2.61. The lowest BCUT2D eigenvalue weighted by molar-refractivity contribution is -0.113. The topological polar surface area (TPSA) is 66.4 Å². The van der Waals surface area contributed by atoms with Crippen LogP contribution in [0.2, 0.25) is 5.02 Å². The lowest BCUT2D eigenvalue weighted by atomic mass is 10.1. The molecule has 0 spiro atoms. The van der Waals surface area contributed by atoms with E-state index in [2.05, 4.69) is 18.3 Å². The molecule has 0 saturated carbocycles. The Labute approximate surface area is 219 Å². The summed E-state index contributed by atoms with van der Waals surface area (Å²) < 4.78 is 0. The molecule has 0 saturated heterocycles. The summed E-state index contributed by atoms with van der Waals surface area (Å²) in [6, 6.07) is 17.7. The maximum atomic E-state index is 11.6. The first kappa shape index (κ1) is 30.3. The number of hydrogen-bond donors (Lipinski definition) is 2. The Morgan fingerprint density at radius 2 is 1.60 bits per heavy atom. The molecule has 0 aliphatic rings. The molecular weight excluding hydrogens is 497 g/mol. The summed E-state index contributed by atoms with van der Waals surface area (Å²) in [5.74, 6) is -0.757.